The van der Waals surface area contributed by atoms with Crippen molar-refractivity contribution < 1.29 is 19.0 Å². The number of hydrogen-bond donors (Lipinski definition) is 1. The number of ether oxygens (including phenoxy) is 3. The zero-order valence-electron chi connectivity index (χ0n) is 13.4. The molecule has 1 aromatic carbocycles. The highest BCUT2D eigenvalue weighted by atomic mass is 16.5. The zero-order valence-corrected chi connectivity index (χ0v) is 13.4. The molecular formula is C16H24N2O4. The molecule has 1 heterocycles. The number of methoxy groups -OCH3 is 2. The number of nitrogens with zero attached hydrogens (tertiary/aromatic N) is 1. The van der Waals surface area contributed by atoms with Crippen LogP contribution in [0, 0.1) is 0 Å². The van der Waals surface area contributed by atoms with Gasteiger partial charge in [-0.1, -0.05) is 0 Å². The molecule has 0 aliphatic carbocycles. The number of urea groups is 1. The lowest BCUT2D eigenvalue weighted by Gasteiger charge is -2.21. The number of carbonyl (C=O) groups is 1. The molecule has 0 radical (unpaired) electrons. The Labute approximate surface area is 131 Å². The minimum Gasteiger partial charge on any atom is -0.497 e. The molecule has 1 aliphatic rings. The van der Waals surface area contributed by atoms with Crippen LogP contribution in [0.2, 0.25) is 0 Å². The summed E-state index contributed by atoms with van der Waals surface area (Å²) in [5, 5.41) is 2.90. The normalized spacial score (nSPS) is 17.1. The first-order valence-electron chi connectivity index (χ1n) is 7.45. The Kier molecular flexibility index (Phi) is 5.89. The molecule has 1 fully saturated rings. The van der Waals surface area contributed by atoms with E-state index in [1.807, 2.05) is 18.2 Å². The van der Waals surface area contributed by atoms with Crippen LogP contribution >= 0.6 is 0 Å². The van der Waals surface area contributed by atoms with Gasteiger partial charge in [0, 0.05) is 31.8 Å². The summed E-state index contributed by atoms with van der Waals surface area (Å²) in [6.45, 7) is 1.81. The maximum Gasteiger partial charge on any atom is 0.317 e. The number of hydrogen-bond acceptors (Lipinski definition) is 4. The van der Waals surface area contributed by atoms with Crippen molar-refractivity contribution in [1.29, 1.82) is 0 Å². The molecule has 1 saturated heterocycles. The average molecular weight is 308 g/mol. The Balaban J connectivity index is 1.89. The molecule has 1 N–H and O–H groups in total. The van der Waals surface area contributed by atoms with Gasteiger partial charge in [0.15, 0.2) is 0 Å². The van der Waals surface area contributed by atoms with E-state index in [0.29, 0.717) is 18.8 Å². The van der Waals surface area contributed by atoms with Crippen LogP contribution in [0.1, 0.15) is 18.4 Å². The van der Waals surface area contributed by atoms with Gasteiger partial charge < -0.3 is 24.4 Å². The van der Waals surface area contributed by atoms with E-state index in [-0.39, 0.29) is 12.1 Å². The summed E-state index contributed by atoms with van der Waals surface area (Å²) in [7, 11) is 4.98. The second-order valence-corrected chi connectivity index (χ2v) is 5.35. The molecule has 6 nitrogen and oxygen atoms in total. The van der Waals surface area contributed by atoms with Crippen molar-refractivity contribution >= 4 is 6.03 Å². The van der Waals surface area contributed by atoms with Crippen molar-refractivity contribution in [2.24, 2.45) is 0 Å². The smallest absolute Gasteiger partial charge is 0.317 e. The van der Waals surface area contributed by atoms with E-state index >= 15 is 0 Å². The molecule has 0 saturated carbocycles. The number of rotatable bonds is 6. The first-order chi connectivity index (χ1) is 10.6. The Morgan fingerprint density at radius 3 is 2.86 bits per heavy atom. The maximum absolute atomic E-state index is 12.1. The summed E-state index contributed by atoms with van der Waals surface area (Å²) in [6, 6.07) is 5.46. The van der Waals surface area contributed by atoms with Crippen LogP contribution in [-0.4, -0.2) is 51.5 Å². The van der Waals surface area contributed by atoms with Gasteiger partial charge in [-0.05, 0) is 25.0 Å². The predicted molar refractivity (Wildman–Crippen MR) is 83.4 cm³/mol. The molecule has 22 heavy (non-hydrogen) atoms. The zero-order chi connectivity index (χ0) is 15.9. The summed E-state index contributed by atoms with van der Waals surface area (Å²) >= 11 is 0. The van der Waals surface area contributed by atoms with Crippen LogP contribution in [0.5, 0.6) is 11.5 Å². The van der Waals surface area contributed by atoms with Crippen molar-refractivity contribution in [2.45, 2.75) is 25.5 Å². The summed E-state index contributed by atoms with van der Waals surface area (Å²) in [6.07, 6.45) is 2.23. The number of benzene rings is 1. The number of amides is 2. The van der Waals surface area contributed by atoms with Gasteiger partial charge in [0.05, 0.1) is 26.9 Å². The third-order valence-electron chi connectivity index (χ3n) is 3.75. The van der Waals surface area contributed by atoms with E-state index in [4.69, 9.17) is 14.2 Å². The van der Waals surface area contributed by atoms with E-state index in [0.717, 1.165) is 30.8 Å². The standard InChI is InChI=1S/C16H24N2O4/c1-18(16(19)17-10-14-5-4-8-22-14)11-12-6-7-13(20-2)9-15(12)21-3/h6-7,9,14H,4-5,8,10-11H2,1-3H3,(H,17,19)/t14-/m0/s1. The molecule has 1 aliphatic heterocycles. The van der Waals surface area contributed by atoms with Gasteiger partial charge in [-0.15, -0.1) is 0 Å². The highest BCUT2D eigenvalue weighted by Gasteiger charge is 2.18. The maximum atomic E-state index is 12.1. The fourth-order valence-corrected chi connectivity index (χ4v) is 2.45. The van der Waals surface area contributed by atoms with Crippen LogP contribution in [0.15, 0.2) is 18.2 Å². The highest BCUT2D eigenvalue weighted by molar-refractivity contribution is 5.74. The number of carbonyl (C=O) groups excluding carboxylic acids is 1. The predicted octanol–water partition coefficient (Wildman–Crippen LogP) is 2.02. The molecule has 0 bridgehead atoms. The molecule has 2 rings (SSSR count). The Hall–Kier alpha value is -1.95. The van der Waals surface area contributed by atoms with Gasteiger partial charge in [0.25, 0.3) is 0 Å². The third-order valence-corrected chi connectivity index (χ3v) is 3.75. The molecule has 122 valence electrons. The molecular weight excluding hydrogens is 284 g/mol. The first-order valence-corrected chi connectivity index (χ1v) is 7.45. The van der Waals surface area contributed by atoms with Gasteiger partial charge in [-0.2, -0.15) is 0 Å². The molecule has 0 aromatic heterocycles. The topological polar surface area (TPSA) is 60.0 Å². The Morgan fingerprint density at radius 2 is 2.23 bits per heavy atom. The summed E-state index contributed by atoms with van der Waals surface area (Å²) < 4.78 is 16.0. The van der Waals surface area contributed by atoms with E-state index in [1.165, 1.54) is 0 Å². The number of nitrogens with one attached hydrogen (secondary N) is 1. The van der Waals surface area contributed by atoms with E-state index in [9.17, 15) is 4.79 Å². The van der Waals surface area contributed by atoms with Gasteiger partial charge in [-0.3, -0.25) is 0 Å². The van der Waals surface area contributed by atoms with E-state index in [2.05, 4.69) is 5.32 Å². The highest BCUT2D eigenvalue weighted by Crippen LogP contribution is 2.25. The Morgan fingerprint density at radius 1 is 1.41 bits per heavy atom. The third kappa shape index (κ3) is 4.27. The van der Waals surface area contributed by atoms with Gasteiger partial charge >= 0.3 is 6.03 Å². The van der Waals surface area contributed by atoms with Crippen LogP contribution in [0.3, 0.4) is 0 Å². The van der Waals surface area contributed by atoms with Crippen molar-refractivity contribution in [2.75, 3.05) is 34.4 Å². The molecule has 6 heteroatoms. The quantitative estimate of drug-likeness (QED) is 0.873. The largest absolute Gasteiger partial charge is 0.497 e. The summed E-state index contributed by atoms with van der Waals surface area (Å²) in [5.41, 5.74) is 0.929. The minimum absolute atomic E-state index is 0.117. The van der Waals surface area contributed by atoms with Crippen molar-refractivity contribution in [3.8, 4) is 11.5 Å². The van der Waals surface area contributed by atoms with E-state index in [1.54, 1.807) is 26.2 Å². The van der Waals surface area contributed by atoms with Crippen molar-refractivity contribution in [1.82, 2.24) is 10.2 Å². The van der Waals surface area contributed by atoms with E-state index < -0.39 is 0 Å². The van der Waals surface area contributed by atoms with Crippen LogP contribution in [0.25, 0.3) is 0 Å². The van der Waals surface area contributed by atoms with Gasteiger partial charge in [0.2, 0.25) is 0 Å². The average Bonchev–Trinajstić information content (AvgIpc) is 3.06. The molecule has 0 unspecified atom stereocenters. The molecule has 1 aromatic rings. The fourth-order valence-electron chi connectivity index (χ4n) is 2.45. The second kappa shape index (κ2) is 7.89. The summed E-state index contributed by atoms with van der Waals surface area (Å²) in [5.74, 6) is 1.43. The molecule has 1 atom stereocenters. The van der Waals surface area contributed by atoms with Crippen molar-refractivity contribution in [3.05, 3.63) is 23.8 Å². The molecule has 2 amide bonds. The fraction of sp³-hybridized carbons (Fsp3) is 0.562. The lowest BCUT2D eigenvalue weighted by Crippen LogP contribution is -2.40. The van der Waals surface area contributed by atoms with Crippen LogP contribution < -0.4 is 14.8 Å². The Bertz CT molecular complexity index is 501. The SMILES string of the molecule is COc1ccc(CN(C)C(=O)NC[C@@H]2CCCO2)c(OC)c1. The van der Waals surface area contributed by atoms with Crippen LogP contribution in [-0.2, 0) is 11.3 Å². The molecule has 0 spiro atoms. The lowest BCUT2D eigenvalue weighted by atomic mass is 10.2. The first kappa shape index (κ1) is 16.4. The lowest BCUT2D eigenvalue weighted by molar-refractivity contribution is 0.109. The van der Waals surface area contributed by atoms with Crippen molar-refractivity contribution in [3.63, 3.8) is 0 Å². The van der Waals surface area contributed by atoms with Gasteiger partial charge in [-0.25, -0.2) is 4.79 Å². The van der Waals surface area contributed by atoms with Crippen LogP contribution in [0.4, 0.5) is 4.79 Å². The minimum atomic E-state index is -0.117. The monoisotopic (exact) mass is 308 g/mol. The summed E-state index contributed by atoms with van der Waals surface area (Å²) in [4.78, 5) is 13.7. The van der Waals surface area contributed by atoms with Gasteiger partial charge in [0.1, 0.15) is 11.5 Å². The second-order valence-electron chi connectivity index (χ2n) is 5.35.